The lowest BCUT2D eigenvalue weighted by Gasteiger charge is -2.39. The molecule has 0 atom stereocenters. The Balaban J connectivity index is 2.12. The van der Waals surface area contributed by atoms with Gasteiger partial charge in [-0.2, -0.15) is 0 Å². The van der Waals surface area contributed by atoms with Gasteiger partial charge in [-0.1, -0.05) is 6.92 Å². The molecule has 0 bridgehead atoms. The topological polar surface area (TPSA) is 92.4 Å². The van der Waals surface area contributed by atoms with Gasteiger partial charge in [0.2, 0.25) is 10.0 Å². The van der Waals surface area contributed by atoms with Gasteiger partial charge in [0.1, 0.15) is 0 Å². The fourth-order valence-corrected chi connectivity index (χ4v) is 3.19. The third-order valence-corrected chi connectivity index (χ3v) is 5.06. The molecule has 0 radical (unpaired) electrons. The van der Waals surface area contributed by atoms with Crippen molar-refractivity contribution in [2.45, 2.75) is 43.0 Å². The van der Waals surface area contributed by atoms with Crippen LogP contribution < -0.4 is 10.5 Å². The summed E-state index contributed by atoms with van der Waals surface area (Å²) in [7, 11) is -3.66. The van der Waals surface area contributed by atoms with Gasteiger partial charge in [0.25, 0.3) is 0 Å². The fourth-order valence-electron chi connectivity index (χ4n) is 2.67. The number of aliphatic hydroxyl groups is 1. The summed E-state index contributed by atoms with van der Waals surface area (Å²) in [6.45, 7) is 2.30. The maximum atomic E-state index is 11.2. The Labute approximate surface area is 120 Å². The number of hydrogen-bond donors (Lipinski definition) is 3. The van der Waals surface area contributed by atoms with Crippen molar-refractivity contribution in [3.05, 3.63) is 24.3 Å². The van der Waals surface area contributed by atoms with Crippen LogP contribution in [0, 0.1) is 5.92 Å². The first kappa shape index (κ1) is 15.3. The van der Waals surface area contributed by atoms with Crippen LogP contribution in [0.1, 0.15) is 32.6 Å². The van der Waals surface area contributed by atoms with Gasteiger partial charge < -0.3 is 10.4 Å². The zero-order valence-electron chi connectivity index (χ0n) is 11.7. The quantitative estimate of drug-likeness (QED) is 0.788. The van der Waals surface area contributed by atoms with Crippen molar-refractivity contribution in [3.63, 3.8) is 0 Å². The zero-order valence-corrected chi connectivity index (χ0v) is 12.5. The van der Waals surface area contributed by atoms with E-state index in [4.69, 9.17) is 5.14 Å². The van der Waals surface area contributed by atoms with Crippen molar-refractivity contribution in [2.75, 3.05) is 11.9 Å². The second kappa shape index (κ2) is 5.71. The molecule has 1 aromatic carbocycles. The number of nitrogens with one attached hydrogen (secondary N) is 1. The van der Waals surface area contributed by atoms with Crippen molar-refractivity contribution in [1.29, 1.82) is 0 Å². The van der Waals surface area contributed by atoms with Crippen LogP contribution in [0.25, 0.3) is 0 Å². The summed E-state index contributed by atoms with van der Waals surface area (Å²) in [5.41, 5.74) is 0.510. The van der Waals surface area contributed by atoms with E-state index in [9.17, 15) is 13.5 Å². The lowest BCUT2D eigenvalue weighted by atomic mass is 9.77. The molecule has 0 aliphatic heterocycles. The second-order valence-corrected chi connectivity index (χ2v) is 7.38. The predicted molar refractivity (Wildman–Crippen MR) is 78.9 cm³/mol. The maximum absolute atomic E-state index is 11.2. The molecule has 1 aliphatic carbocycles. The molecule has 5 nitrogen and oxygen atoms in total. The molecule has 0 saturated heterocycles. The molecule has 1 saturated carbocycles. The van der Waals surface area contributed by atoms with E-state index in [-0.39, 0.29) is 17.0 Å². The van der Waals surface area contributed by atoms with Crippen LogP contribution in [0.5, 0.6) is 0 Å². The number of anilines is 1. The van der Waals surface area contributed by atoms with Crippen molar-refractivity contribution >= 4 is 15.7 Å². The predicted octanol–water partition coefficient (Wildman–Crippen LogP) is 1.69. The minimum Gasteiger partial charge on any atom is -0.394 e. The molecule has 20 heavy (non-hydrogen) atoms. The zero-order chi connectivity index (χ0) is 14.8. The normalized spacial score (nSPS) is 27.2. The number of nitrogens with two attached hydrogens (primary N) is 1. The van der Waals surface area contributed by atoms with Gasteiger partial charge in [-0.15, -0.1) is 0 Å². The first-order valence-electron chi connectivity index (χ1n) is 6.87. The Morgan fingerprint density at radius 2 is 1.85 bits per heavy atom. The number of hydrogen-bond acceptors (Lipinski definition) is 4. The van der Waals surface area contributed by atoms with Crippen LogP contribution in [0.15, 0.2) is 29.2 Å². The summed E-state index contributed by atoms with van der Waals surface area (Å²) in [6.07, 6.45) is 4.01. The van der Waals surface area contributed by atoms with Gasteiger partial charge in [-0.05, 0) is 55.9 Å². The molecule has 4 N–H and O–H groups in total. The van der Waals surface area contributed by atoms with Gasteiger partial charge in [-0.25, -0.2) is 13.6 Å². The monoisotopic (exact) mass is 298 g/mol. The van der Waals surface area contributed by atoms with E-state index in [2.05, 4.69) is 12.2 Å². The van der Waals surface area contributed by atoms with Crippen molar-refractivity contribution < 1.29 is 13.5 Å². The van der Waals surface area contributed by atoms with E-state index in [1.165, 1.54) is 12.1 Å². The highest BCUT2D eigenvalue weighted by molar-refractivity contribution is 7.89. The van der Waals surface area contributed by atoms with Gasteiger partial charge in [0, 0.05) is 5.69 Å². The van der Waals surface area contributed by atoms with Gasteiger partial charge in [-0.3, -0.25) is 0 Å². The molecule has 1 fully saturated rings. The van der Waals surface area contributed by atoms with Crippen molar-refractivity contribution in [3.8, 4) is 0 Å². The first-order chi connectivity index (χ1) is 9.35. The Morgan fingerprint density at radius 1 is 1.30 bits per heavy atom. The number of sulfonamides is 1. The molecule has 0 spiro atoms. The molecular formula is C14H22N2O3S. The van der Waals surface area contributed by atoms with Gasteiger partial charge in [0.15, 0.2) is 0 Å². The molecule has 0 heterocycles. The van der Waals surface area contributed by atoms with Gasteiger partial charge >= 0.3 is 0 Å². The Hall–Kier alpha value is -1.11. The summed E-state index contributed by atoms with van der Waals surface area (Å²) in [5, 5.41) is 18.1. The minimum atomic E-state index is -3.66. The third-order valence-electron chi connectivity index (χ3n) is 4.13. The van der Waals surface area contributed by atoms with E-state index in [1.54, 1.807) is 12.1 Å². The molecule has 112 valence electrons. The fraction of sp³-hybridized carbons (Fsp3) is 0.571. The van der Waals surface area contributed by atoms with E-state index in [0.29, 0.717) is 5.92 Å². The molecule has 1 aliphatic rings. The molecule has 0 aromatic heterocycles. The highest BCUT2D eigenvalue weighted by atomic mass is 32.2. The number of aliphatic hydroxyl groups excluding tert-OH is 1. The smallest absolute Gasteiger partial charge is 0.238 e. The summed E-state index contributed by atoms with van der Waals surface area (Å²) in [4.78, 5) is 0.0957. The number of rotatable bonds is 4. The SMILES string of the molecule is CC1CCC(CO)(Nc2ccc(S(N)(=O)=O)cc2)CC1. The summed E-state index contributed by atoms with van der Waals surface area (Å²) < 4.78 is 22.4. The van der Waals surface area contributed by atoms with Crippen LogP contribution in [-0.2, 0) is 10.0 Å². The van der Waals surface area contributed by atoms with Crippen LogP contribution in [0.2, 0.25) is 0 Å². The van der Waals surface area contributed by atoms with Crippen molar-refractivity contribution in [2.24, 2.45) is 11.1 Å². The lowest BCUT2D eigenvalue weighted by molar-refractivity contribution is 0.155. The molecule has 6 heteroatoms. The molecule has 0 amide bonds. The van der Waals surface area contributed by atoms with Crippen molar-refractivity contribution in [1.82, 2.24) is 0 Å². The standard InChI is InChI=1S/C14H22N2O3S/c1-11-6-8-14(10-17,9-7-11)16-12-2-4-13(5-3-12)20(15,18)19/h2-5,11,16-17H,6-10H2,1H3,(H2,15,18,19). The van der Waals surface area contributed by atoms with Gasteiger partial charge in [0.05, 0.1) is 17.0 Å². The summed E-state index contributed by atoms with van der Waals surface area (Å²) in [6, 6.07) is 6.34. The highest BCUT2D eigenvalue weighted by Gasteiger charge is 2.33. The van der Waals surface area contributed by atoms with Crippen LogP contribution in [0.4, 0.5) is 5.69 Å². The van der Waals surface area contributed by atoms with E-state index < -0.39 is 10.0 Å². The Bertz CT molecular complexity index is 546. The average Bonchev–Trinajstić information content (AvgIpc) is 2.41. The number of benzene rings is 1. The minimum absolute atomic E-state index is 0.0800. The average molecular weight is 298 g/mol. The lowest BCUT2D eigenvalue weighted by Crippen LogP contribution is -2.45. The molecule has 2 rings (SSSR count). The largest absolute Gasteiger partial charge is 0.394 e. The Morgan fingerprint density at radius 3 is 2.30 bits per heavy atom. The summed E-state index contributed by atoms with van der Waals surface area (Å²) in [5.74, 6) is 0.696. The maximum Gasteiger partial charge on any atom is 0.238 e. The highest BCUT2D eigenvalue weighted by Crippen LogP contribution is 2.34. The molecule has 1 aromatic rings. The van der Waals surface area contributed by atoms with E-state index in [0.717, 1.165) is 31.4 Å². The Kier molecular flexibility index (Phi) is 4.36. The van der Waals surface area contributed by atoms with E-state index >= 15 is 0 Å². The van der Waals surface area contributed by atoms with E-state index in [1.807, 2.05) is 0 Å². The second-order valence-electron chi connectivity index (χ2n) is 5.82. The molecular weight excluding hydrogens is 276 g/mol. The first-order valence-corrected chi connectivity index (χ1v) is 8.41. The molecule has 0 unspecified atom stereocenters. The third kappa shape index (κ3) is 3.50. The van der Waals surface area contributed by atoms with Crippen LogP contribution in [0.3, 0.4) is 0 Å². The summed E-state index contributed by atoms with van der Waals surface area (Å²) >= 11 is 0. The number of primary sulfonamides is 1. The van der Waals surface area contributed by atoms with Crippen LogP contribution >= 0.6 is 0 Å². The van der Waals surface area contributed by atoms with Crippen LogP contribution in [-0.4, -0.2) is 25.7 Å².